The van der Waals surface area contributed by atoms with Crippen LogP contribution in [0.15, 0.2) is 0 Å². The summed E-state index contributed by atoms with van der Waals surface area (Å²) < 4.78 is 0. The fourth-order valence-corrected chi connectivity index (χ4v) is 1.21. The third-order valence-electron chi connectivity index (χ3n) is 1.78. The van der Waals surface area contributed by atoms with Crippen molar-refractivity contribution >= 4 is 5.91 Å². The molecule has 0 aliphatic carbocycles. The monoisotopic (exact) mass is 152 g/mol. The Morgan fingerprint density at radius 3 is 3.09 bits per heavy atom. The van der Waals surface area contributed by atoms with Crippen LogP contribution in [0.25, 0.3) is 0 Å². The van der Waals surface area contributed by atoms with Crippen molar-refractivity contribution in [3.63, 3.8) is 0 Å². The molecule has 1 saturated heterocycles. The summed E-state index contributed by atoms with van der Waals surface area (Å²) in [5, 5.41) is 3.23. The average molecular weight is 152 g/mol. The molecule has 0 radical (unpaired) electrons. The van der Waals surface area contributed by atoms with Crippen molar-refractivity contribution in [1.29, 1.82) is 0 Å². The van der Waals surface area contributed by atoms with Gasteiger partial charge in [0.25, 0.3) is 5.91 Å². The summed E-state index contributed by atoms with van der Waals surface area (Å²) in [5.41, 5.74) is 0. The minimum Gasteiger partial charge on any atom is -0.329 e. The van der Waals surface area contributed by atoms with E-state index < -0.39 is 0 Å². The van der Waals surface area contributed by atoms with E-state index in [0.29, 0.717) is 6.04 Å². The molecule has 1 rings (SSSR count). The Kier molecular flexibility index (Phi) is 2.50. The smallest absolute Gasteiger partial charge is 0.298 e. The molecule has 0 spiro atoms. The third kappa shape index (κ3) is 1.95. The lowest BCUT2D eigenvalue weighted by molar-refractivity contribution is -0.126. The van der Waals surface area contributed by atoms with Gasteiger partial charge in [-0.25, -0.2) is 0 Å². The summed E-state index contributed by atoms with van der Waals surface area (Å²) in [5.74, 6) is 1.92. The van der Waals surface area contributed by atoms with E-state index in [1.807, 2.05) is 6.92 Å². The third-order valence-corrected chi connectivity index (χ3v) is 1.78. The van der Waals surface area contributed by atoms with Crippen LogP contribution in [-0.2, 0) is 4.79 Å². The molecule has 1 aliphatic heterocycles. The highest BCUT2D eigenvalue weighted by Gasteiger charge is 2.18. The Morgan fingerprint density at radius 2 is 2.55 bits per heavy atom. The predicted octanol–water partition coefficient (Wildman–Crippen LogP) is -0.560. The van der Waals surface area contributed by atoms with Gasteiger partial charge in [0, 0.05) is 25.7 Å². The molecular weight excluding hydrogens is 140 g/mol. The van der Waals surface area contributed by atoms with Crippen LogP contribution in [0, 0.1) is 12.3 Å². The number of carbonyl (C=O) groups excluding carboxylic acids is 1. The molecule has 3 heteroatoms. The fraction of sp³-hybridized carbons (Fsp3) is 0.625. The van der Waals surface area contributed by atoms with Gasteiger partial charge in [-0.15, -0.1) is 6.42 Å². The van der Waals surface area contributed by atoms with E-state index >= 15 is 0 Å². The van der Waals surface area contributed by atoms with Crippen molar-refractivity contribution in [2.45, 2.75) is 13.0 Å². The number of nitrogens with zero attached hydrogens (tertiary/aromatic N) is 1. The molecule has 1 heterocycles. The molecule has 1 N–H and O–H groups in total. The summed E-state index contributed by atoms with van der Waals surface area (Å²) in [6.45, 7) is 4.33. The molecule has 1 aliphatic rings. The van der Waals surface area contributed by atoms with Crippen LogP contribution in [-0.4, -0.2) is 36.5 Å². The number of terminal acetylenes is 1. The first kappa shape index (κ1) is 8.09. The van der Waals surface area contributed by atoms with Gasteiger partial charge in [-0.05, 0) is 12.8 Å². The minimum absolute atomic E-state index is 0.196. The van der Waals surface area contributed by atoms with E-state index in [9.17, 15) is 4.79 Å². The predicted molar refractivity (Wildman–Crippen MR) is 42.9 cm³/mol. The molecule has 0 aromatic rings. The molecule has 0 aromatic carbocycles. The van der Waals surface area contributed by atoms with Gasteiger partial charge in [-0.1, -0.05) is 0 Å². The first-order chi connectivity index (χ1) is 5.24. The zero-order chi connectivity index (χ0) is 8.27. The van der Waals surface area contributed by atoms with E-state index in [0.717, 1.165) is 19.6 Å². The van der Waals surface area contributed by atoms with Crippen LogP contribution in [0.1, 0.15) is 6.92 Å². The number of rotatable bonds is 0. The van der Waals surface area contributed by atoms with Gasteiger partial charge in [0.1, 0.15) is 0 Å². The molecule has 60 valence electrons. The van der Waals surface area contributed by atoms with Crippen molar-refractivity contribution < 1.29 is 4.79 Å². The molecule has 11 heavy (non-hydrogen) atoms. The van der Waals surface area contributed by atoms with Crippen molar-refractivity contribution in [2.75, 3.05) is 19.6 Å². The Hall–Kier alpha value is -1.01. The van der Waals surface area contributed by atoms with Gasteiger partial charge in [-0.2, -0.15) is 0 Å². The van der Waals surface area contributed by atoms with Crippen LogP contribution < -0.4 is 5.32 Å². The van der Waals surface area contributed by atoms with Gasteiger partial charge in [0.05, 0.1) is 0 Å². The number of carbonyl (C=O) groups is 1. The first-order valence-corrected chi connectivity index (χ1v) is 3.73. The summed E-state index contributed by atoms with van der Waals surface area (Å²) in [6.07, 6.45) is 4.99. The zero-order valence-electron chi connectivity index (χ0n) is 6.63. The van der Waals surface area contributed by atoms with Crippen LogP contribution >= 0.6 is 0 Å². The van der Waals surface area contributed by atoms with E-state index in [1.165, 1.54) is 0 Å². The van der Waals surface area contributed by atoms with Crippen molar-refractivity contribution in [2.24, 2.45) is 0 Å². The molecule has 0 unspecified atom stereocenters. The standard InChI is InChI=1S/C8H12N2O/c1-3-8(11)10-5-4-9-7(2)6-10/h1,7,9H,4-6H2,2H3/t7-/m0/s1. The maximum absolute atomic E-state index is 11.0. The van der Waals surface area contributed by atoms with Gasteiger partial charge < -0.3 is 10.2 Å². The van der Waals surface area contributed by atoms with E-state index in [1.54, 1.807) is 4.90 Å². The zero-order valence-corrected chi connectivity index (χ0v) is 6.63. The summed E-state index contributed by atoms with van der Waals surface area (Å²) in [6, 6.07) is 0.362. The fourth-order valence-electron chi connectivity index (χ4n) is 1.21. The number of amides is 1. The van der Waals surface area contributed by atoms with Crippen molar-refractivity contribution in [3.05, 3.63) is 0 Å². The quantitative estimate of drug-likeness (QED) is 0.472. The van der Waals surface area contributed by atoms with Gasteiger partial charge in [-0.3, -0.25) is 4.79 Å². The Bertz CT molecular complexity index is 195. The number of hydrogen-bond acceptors (Lipinski definition) is 2. The first-order valence-electron chi connectivity index (χ1n) is 3.73. The van der Waals surface area contributed by atoms with Crippen LogP contribution in [0.2, 0.25) is 0 Å². The molecule has 3 nitrogen and oxygen atoms in total. The highest BCUT2D eigenvalue weighted by atomic mass is 16.2. The number of nitrogens with one attached hydrogen (secondary N) is 1. The second-order valence-electron chi connectivity index (χ2n) is 2.75. The lowest BCUT2D eigenvalue weighted by Gasteiger charge is -2.30. The molecule has 1 fully saturated rings. The SMILES string of the molecule is C#CC(=O)N1CCN[C@@H](C)C1. The summed E-state index contributed by atoms with van der Waals surface area (Å²) >= 11 is 0. The van der Waals surface area contributed by atoms with E-state index in [2.05, 4.69) is 11.2 Å². The van der Waals surface area contributed by atoms with E-state index in [4.69, 9.17) is 6.42 Å². The van der Waals surface area contributed by atoms with Crippen molar-refractivity contribution in [3.8, 4) is 12.3 Å². The highest BCUT2D eigenvalue weighted by molar-refractivity contribution is 5.92. The summed E-state index contributed by atoms with van der Waals surface area (Å²) in [4.78, 5) is 12.7. The van der Waals surface area contributed by atoms with Crippen LogP contribution in [0.4, 0.5) is 0 Å². The van der Waals surface area contributed by atoms with E-state index in [-0.39, 0.29) is 5.91 Å². The average Bonchev–Trinajstić information content (AvgIpc) is 2.03. The lowest BCUT2D eigenvalue weighted by atomic mass is 10.2. The van der Waals surface area contributed by atoms with Crippen molar-refractivity contribution in [1.82, 2.24) is 10.2 Å². The lowest BCUT2D eigenvalue weighted by Crippen LogP contribution is -2.51. The normalized spacial score (nSPS) is 24.4. The molecule has 1 atom stereocenters. The largest absolute Gasteiger partial charge is 0.329 e. The Balaban J connectivity index is 2.47. The maximum Gasteiger partial charge on any atom is 0.298 e. The minimum atomic E-state index is -0.196. The topological polar surface area (TPSA) is 32.3 Å². The highest BCUT2D eigenvalue weighted by Crippen LogP contribution is 1.97. The molecule has 0 bridgehead atoms. The number of piperazine rings is 1. The maximum atomic E-state index is 11.0. The van der Waals surface area contributed by atoms with Crippen LogP contribution in [0.5, 0.6) is 0 Å². The molecule has 0 aromatic heterocycles. The second-order valence-corrected chi connectivity index (χ2v) is 2.75. The van der Waals surface area contributed by atoms with Gasteiger partial charge in [0.2, 0.25) is 0 Å². The summed E-state index contributed by atoms with van der Waals surface area (Å²) in [7, 11) is 0. The molecule has 1 amide bonds. The van der Waals surface area contributed by atoms with Crippen LogP contribution in [0.3, 0.4) is 0 Å². The van der Waals surface area contributed by atoms with Gasteiger partial charge >= 0.3 is 0 Å². The molecule has 0 saturated carbocycles. The Labute approximate surface area is 66.8 Å². The Morgan fingerprint density at radius 1 is 1.82 bits per heavy atom. The number of hydrogen-bond donors (Lipinski definition) is 1. The van der Waals surface area contributed by atoms with Gasteiger partial charge in [0.15, 0.2) is 0 Å². The molecular formula is C8H12N2O. The second kappa shape index (κ2) is 3.40.